The Morgan fingerprint density at radius 3 is 2.37 bits per heavy atom. The maximum absolute atomic E-state index is 13.3. The van der Waals surface area contributed by atoms with Crippen molar-refractivity contribution in [3.63, 3.8) is 0 Å². The second-order valence-electron chi connectivity index (χ2n) is 5.67. The predicted octanol–water partition coefficient (Wildman–Crippen LogP) is 4.98. The molecule has 0 radical (unpaired) electrons. The number of amides is 2. The van der Waals surface area contributed by atoms with Crippen molar-refractivity contribution in [2.24, 2.45) is 0 Å². The van der Waals surface area contributed by atoms with E-state index >= 15 is 0 Å². The minimum absolute atomic E-state index is 0.108. The summed E-state index contributed by atoms with van der Waals surface area (Å²) in [7, 11) is 0. The molecule has 0 aliphatic carbocycles. The Balaban J connectivity index is 1.74. The molecule has 0 fully saturated rings. The van der Waals surface area contributed by atoms with Crippen molar-refractivity contribution in [1.29, 1.82) is 0 Å². The molecule has 3 aromatic rings. The van der Waals surface area contributed by atoms with E-state index in [9.17, 15) is 22.8 Å². The van der Waals surface area contributed by atoms with Gasteiger partial charge in [0.2, 0.25) is 0 Å². The van der Waals surface area contributed by atoms with E-state index in [1.54, 1.807) is 13.0 Å². The van der Waals surface area contributed by atoms with Gasteiger partial charge in [-0.25, -0.2) is 13.2 Å². The van der Waals surface area contributed by atoms with Gasteiger partial charge >= 0.3 is 0 Å². The molecule has 0 saturated carbocycles. The van der Waals surface area contributed by atoms with Crippen molar-refractivity contribution in [1.82, 2.24) is 0 Å². The van der Waals surface area contributed by atoms with Gasteiger partial charge in [0.15, 0.2) is 11.6 Å². The van der Waals surface area contributed by atoms with Gasteiger partial charge in [-0.2, -0.15) is 0 Å². The number of rotatable bonds is 4. The van der Waals surface area contributed by atoms with E-state index in [1.165, 1.54) is 24.3 Å². The van der Waals surface area contributed by atoms with E-state index in [4.69, 9.17) is 0 Å². The normalized spacial score (nSPS) is 10.5. The molecular weight excluding hydrogens is 377 g/mol. The Bertz CT molecular complexity index is 1030. The van der Waals surface area contributed by atoms with Crippen molar-refractivity contribution in [2.45, 2.75) is 6.92 Å². The quantitative estimate of drug-likeness (QED) is 0.660. The largest absolute Gasteiger partial charge is 0.321 e. The first-order chi connectivity index (χ1) is 12.8. The average molecular weight is 390 g/mol. The lowest BCUT2D eigenvalue weighted by Crippen LogP contribution is -2.12. The third kappa shape index (κ3) is 4.35. The molecule has 138 valence electrons. The van der Waals surface area contributed by atoms with Gasteiger partial charge in [-0.05, 0) is 48.9 Å². The number of nitrogens with one attached hydrogen (secondary N) is 2. The van der Waals surface area contributed by atoms with Gasteiger partial charge in [-0.1, -0.05) is 6.07 Å². The molecule has 0 unspecified atom stereocenters. The van der Waals surface area contributed by atoms with Crippen LogP contribution in [0.5, 0.6) is 0 Å². The standard InChI is InChI=1S/C19H13F3N2O2S/c1-10-7-16(24-18(25)11-3-2-4-12(20)8-11)27-17(10)19(26)23-13-5-6-14(21)15(22)9-13/h2-9H,1H3,(H,23,26)(H,24,25). The first-order valence-corrected chi connectivity index (χ1v) is 8.59. The number of carbonyl (C=O) groups excluding carboxylic acids is 2. The Hall–Kier alpha value is -3.13. The highest BCUT2D eigenvalue weighted by Gasteiger charge is 2.16. The molecule has 0 aliphatic rings. The summed E-state index contributed by atoms with van der Waals surface area (Å²) in [5.41, 5.74) is 0.848. The molecule has 1 aromatic heterocycles. The number of benzene rings is 2. The second kappa shape index (κ2) is 7.63. The summed E-state index contributed by atoms with van der Waals surface area (Å²) in [6, 6.07) is 9.85. The first-order valence-electron chi connectivity index (χ1n) is 7.77. The lowest BCUT2D eigenvalue weighted by Gasteiger charge is -2.05. The SMILES string of the molecule is Cc1cc(NC(=O)c2cccc(F)c2)sc1C(=O)Nc1ccc(F)c(F)c1. The first kappa shape index (κ1) is 18.7. The van der Waals surface area contributed by atoms with Crippen molar-refractivity contribution >= 4 is 33.8 Å². The molecule has 0 aliphatic heterocycles. The number of thiophene rings is 1. The fraction of sp³-hybridized carbons (Fsp3) is 0.0526. The van der Waals surface area contributed by atoms with Gasteiger partial charge in [0.1, 0.15) is 5.82 Å². The monoisotopic (exact) mass is 390 g/mol. The highest BCUT2D eigenvalue weighted by Crippen LogP contribution is 2.28. The van der Waals surface area contributed by atoms with E-state index in [-0.39, 0.29) is 11.3 Å². The maximum Gasteiger partial charge on any atom is 0.266 e. The summed E-state index contributed by atoms with van der Waals surface area (Å²) < 4.78 is 39.4. The number of anilines is 2. The van der Waals surface area contributed by atoms with Crippen LogP contribution >= 0.6 is 11.3 Å². The summed E-state index contributed by atoms with van der Waals surface area (Å²) in [6.45, 7) is 1.68. The molecule has 0 atom stereocenters. The molecule has 8 heteroatoms. The van der Waals surface area contributed by atoms with Crippen LogP contribution in [0.4, 0.5) is 23.9 Å². The fourth-order valence-corrected chi connectivity index (χ4v) is 3.31. The van der Waals surface area contributed by atoms with E-state index in [0.717, 1.165) is 29.5 Å². The molecule has 2 N–H and O–H groups in total. The lowest BCUT2D eigenvalue weighted by molar-refractivity contribution is 0.101. The minimum Gasteiger partial charge on any atom is -0.321 e. The van der Waals surface area contributed by atoms with Gasteiger partial charge < -0.3 is 10.6 Å². The van der Waals surface area contributed by atoms with Crippen LogP contribution in [0.1, 0.15) is 25.6 Å². The molecule has 1 heterocycles. The van der Waals surface area contributed by atoms with E-state index in [1.807, 2.05) is 0 Å². The second-order valence-corrected chi connectivity index (χ2v) is 6.72. The maximum atomic E-state index is 13.3. The molecule has 3 rings (SSSR count). The van der Waals surface area contributed by atoms with Gasteiger partial charge in [0.05, 0.1) is 9.88 Å². The van der Waals surface area contributed by atoms with E-state index in [2.05, 4.69) is 10.6 Å². The van der Waals surface area contributed by atoms with Crippen molar-refractivity contribution in [3.05, 3.63) is 82.0 Å². The van der Waals surface area contributed by atoms with Crippen LogP contribution in [0.15, 0.2) is 48.5 Å². The summed E-state index contributed by atoms with van der Waals surface area (Å²) in [5.74, 6) is -3.64. The van der Waals surface area contributed by atoms with Crippen LogP contribution in [-0.2, 0) is 0 Å². The van der Waals surface area contributed by atoms with Crippen LogP contribution in [-0.4, -0.2) is 11.8 Å². The van der Waals surface area contributed by atoms with Crippen LogP contribution < -0.4 is 10.6 Å². The topological polar surface area (TPSA) is 58.2 Å². The van der Waals surface area contributed by atoms with E-state index < -0.39 is 29.3 Å². The number of hydrogen-bond acceptors (Lipinski definition) is 3. The summed E-state index contributed by atoms with van der Waals surface area (Å²) in [4.78, 5) is 24.8. The van der Waals surface area contributed by atoms with Crippen LogP contribution in [0.3, 0.4) is 0 Å². The van der Waals surface area contributed by atoms with Crippen molar-refractivity contribution in [2.75, 3.05) is 10.6 Å². The molecule has 0 spiro atoms. The zero-order valence-corrected chi connectivity index (χ0v) is 14.8. The average Bonchev–Trinajstić information content (AvgIpc) is 2.98. The Morgan fingerprint density at radius 1 is 0.889 bits per heavy atom. The van der Waals surface area contributed by atoms with Crippen LogP contribution in [0, 0.1) is 24.4 Å². The third-order valence-corrected chi connectivity index (χ3v) is 4.78. The van der Waals surface area contributed by atoms with Gasteiger partial charge in [0, 0.05) is 17.3 Å². The van der Waals surface area contributed by atoms with Crippen molar-refractivity contribution in [3.8, 4) is 0 Å². The van der Waals surface area contributed by atoms with Gasteiger partial charge in [-0.3, -0.25) is 9.59 Å². The third-order valence-electron chi connectivity index (χ3n) is 3.63. The van der Waals surface area contributed by atoms with Crippen molar-refractivity contribution < 1.29 is 22.8 Å². The summed E-state index contributed by atoms with van der Waals surface area (Å²) in [6.07, 6.45) is 0. The summed E-state index contributed by atoms with van der Waals surface area (Å²) >= 11 is 1.02. The highest BCUT2D eigenvalue weighted by atomic mass is 32.1. The van der Waals surface area contributed by atoms with E-state index in [0.29, 0.717) is 15.4 Å². The summed E-state index contributed by atoms with van der Waals surface area (Å²) in [5, 5.41) is 5.48. The number of aryl methyl sites for hydroxylation is 1. The molecule has 27 heavy (non-hydrogen) atoms. The zero-order chi connectivity index (χ0) is 19.6. The molecule has 4 nitrogen and oxygen atoms in total. The highest BCUT2D eigenvalue weighted by molar-refractivity contribution is 7.18. The lowest BCUT2D eigenvalue weighted by atomic mass is 10.2. The molecule has 0 saturated heterocycles. The number of carbonyl (C=O) groups is 2. The predicted molar refractivity (Wildman–Crippen MR) is 97.7 cm³/mol. The van der Waals surface area contributed by atoms with Gasteiger partial charge in [0.25, 0.3) is 11.8 Å². The smallest absolute Gasteiger partial charge is 0.266 e. The number of hydrogen-bond donors (Lipinski definition) is 2. The van der Waals surface area contributed by atoms with Crippen LogP contribution in [0.25, 0.3) is 0 Å². The fourth-order valence-electron chi connectivity index (χ4n) is 2.34. The Kier molecular flexibility index (Phi) is 5.27. The zero-order valence-electron chi connectivity index (χ0n) is 14.0. The molecule has 2 amide bonds. The Labute approximate surface area is 156 Å². The molecule has 2 aromatic carbocycles. The molecule has 0 bridgehead atoms. The Morgan fingerprint density at radius 2 is 1.67 bits per heavy atom. The van der Waals surface area contributed by atoms with Crippen LogP contribution in [0.2, 0.25) is 0 Å². The minimum atomic E-state index is -1.07. The van der Waals surface area contributed by atoms with Gasteiger partial charge in [-0.15, -0.1) is 11.3 Å². The number of halogens is 3. The molecular formula is C19H13F3N2O2S.